The first kappa shape index (κ1) is 23.3. The Bertz CT molecular complexity index is 1300. The molecule has 1 aromatic heterocycles. The van der Waals surface area contributed by atoms with Crippen molar-refractivity contribution in [3.63, 3.8) is 0 Å². The van der Waals surface area contributed by atoms with Crippen LogP contribution in [-0.2, 0) is 6.54 Å². The fourth-order valence-corrected chi connectivity index (χ4v) is 4.31. The Balaban J connectivity index is 1.59. The predicted molar refractivity (Wildman–Crippen MR) is 132 cm³/mol. The van der Waals surface area contributed by atoms with Crippen LogP contribution in [0.2, 0.25) is 0 Å². The number of thioether (sulfide) groups is 1. The van der Waals surface area contributed by atoms with E-state index in [4.69, 9.17) is 4.74 Å². The van der Waals surface area contributed by atoms with Crippen molar-refractivity contribution in [1.82, 2.24) is 20.1 Å². The molecule has 1 heterocycles. The summed E-state index contributed by atoms with van der Waals surface area (Å²) in [5.41, 5.74) is 2.95. The standard InChI is InChI=1S/C26H24N4O3S/c1-18-9-8-12-20(15-18)25(32)27-16-24-28-29-26(30(24)21-13-6-7-14-23(21)33-2)34-17-22(31)19-10-4-3-5-11-19/h3-15H,16-17H2,1-2H3,(H,27,32). The molecule has 0 aliphatic heterocycles. The number of hydrogen-bond donors (Lipinski definition) is 1. The second kappa shape index (κ2) is 10.8. The normalized spacial score (nSPS) is 10.6. The lowest BCUT2D eigenvalue weighted by molar-refractivity contribution is 0.0948. The first-order valence-corrected chi connectivity index (χ1v) is 11.7. The van der Waals surface area contributed by atoms with Gasteiger partial charge in [0.25, 0.3) is 5.91 Å². The van der Waals surface area contributed by atoms with Gasteiger partial charge in [-0.3, -0.25) is 14.2 Å². The monoisotopic (exact) mass is 472 g/mol. The van der Waals surface area contributed by atoms with Gasteiger partial charge in [0.1, 0.15) is 5.75 Å². The van der Waals surface area contributed by atoms with Crippen LogP contribution in [0.1, 0.15) is 32.1 Å². The molecule has 0 saturated heterocycles. The van der Waals surface area contributed by atoms with Gasteiger partial charge in [-0.15, -0.1) is 10.2 Å². The smallest absolute Gasteiger partial charge is 0.251 e. The van der Waals surface area contributed by atoms with Crippen LogP contribution >= 0.6 is 11.8 Å². The van der Waals surface area contributed by atoms with E-state index in [0.29, 0.717) is 27.9 Å². The number of aromatic nitrogens is 3. The zero-order chi connectivity index (χ0) is 23.9. The van der Waals surface area contributed by atoms with Crippen LogP contribution in [-0.4, -0.2) is 39.3 Å². The largest absolute Gasteiger partial charge is 0.495 e. The molecule has 0 aliphatic carbocycles. The molecule has 34 heavy (non-hydrogen) atoms. The minimum Gasteiger partial charge on any atom is -0.495 e. The predicted octanol–water partition coefficient (Wildman–Crippen LogP) is 4.49. The molecular weight excluding hydrogens is 448 g/mol. The number of hydrogen-bond acceptors (Lipinski definition) is 6. The summed E-state index contributed by atoms with van der Waals surface area (Å²) < 4.78 is 7.36. The number of benzene rings is 3. The number of Topliss-reactive ketones (excluding diaryl/α,β-unsaturated/α-hetero) is 1. The first-order valence-electron chi connectivity index (χ1n) is 10.7. The summed E-state index contributed by atoms with van der Waals surface area (Å²) in [6, 6.07) is 24.0. The van der Waals surface area contributed by atoms with Crippen LogP contribution in [0.15, 0.2) is 84.0 Å². The summed E-state index contributed by atoms with van der Waals surface area (Å²) in [4.78, 5) is 25.3. The van der Waals surface area contributed by atoms with Gasteiger partial charge in [0.2, 0.25) is 0 Å². The number of para-hydroxylation sites is 2. The summed E-state index contributed by atoms with van der Waals surface area (Å²) in [5, 5.41) is 12.1. The van der Waals surface area contributed by atoms with E-state index in [0.717, 1.165) is 11.3 Å². The molecule has 0 aliphatic rings. The number of carbonyl (C=O) groups excluding carboxylic acids is 2. The van der Waals surface area contributed by atoms with E-state index in [1.807, 2.05) is 72.2 Å². The molecule has 0 spiro atoms. The molecule has 0 unspecified atom stereocenters. The highest BCUT2D eigenvalue weighted by Gasteiger charge is 2.19. The second-order valence-corrected chi connectivity index (χ2v) is 8.48. The molecule has 0 saturated carbocycles. The fourth-order valence-electron chi connectivity index (χ4n) is 3.45. The summed E-state index contributed by atoms with van der Waals surface area (Å²) in [7, 11) is 1.59. The second-order valence-electron chi connectivity index (χ2n) is 7.54. The molecule has 0 atom stereocenters. The van der Waals surface area contributed by atoms with Crippen molar-refractivity contribution in [2.75, 3.05) is 12.9 Å². The van der Waals surface area contributed by atoms with Crippen LogP contribution in [0.4, 0.5) is 0 Å². The van der Waals surface area contributed by atoms with Crippen LogP contribution in [0.3, 0.4) is 0 Å². The average Bonchev–Trinajstić information content (AvgIpc) is 3.28. The van der Waals surface area contributed by atoms with Gasteiger partial charge in [-0.05, 0) is 31.2 Å². The molecule has 0 bridgehead atoms. The maximum Gasteiger partial charge on any atom is 0.251 e. The van der Waals surface area contributed by atoms with Gasteiger partial charge in [-0.1, -0.05) is 71.9 Å². The highest BCUT2D eigenvalue weighted by Crippen LogP contribution is 2.29. The van der Waals surface area contributed by atoms with Crippen molar-refractivity contribution in [3.05, 3.63) is 101 Å². The molecule has 4 aromatic rings. The van der Waals surface area contributed by atoms with E-state index < -0.39 is 0 Å². The van der Waals surface area contributed by atoms with Crippen molar-refractivity contribution in [2.45, 2.75) is 18.6 Å². The number of nitrogens with zero attached hydrogens (tertiary/aromatic N) is 3. The highest BCUT2D eigenvalue weighted by atomic mass is 32.2. The van der Waals surface area contributed by atoms with Crippen LogP contribution in [0, 0.1) is 6.92 Å². The number of carbonyl (C=O) groups is 2. The first-order chi connectivity index (χ1) is 16.6. The summed E-state index contributed by atoms with van der Waals surface area (Å²) in [5.74, 6) is 1.15. The molecule has 3 aromatic carbocycles. The number of aryl methyl sites for hydroxylation is 1. The van der Waals surface area contributed by atoms with Crippen molar-refractivity contribution < 1.29 is 14.3 Å². The maximum atomic E-state index is 12.7. The lowest BCUT2D eigenvalue weighted by Crippen LogP contribution is -2.24. The van der Waals surface area contributed by atoms with E-state index in [2.05, 4.69) is 15.5 Å². The van der Waals surface area contributed by atoms with Gasteiger partial charge >= 0.3 is 0 Å². The number of rotatable bonds is 9. The summed E-state index contributed by atoms with van der Waals surface area (Å²) in [6.45, 7) is 2.10. The lowest BCUT2D eigenvalue weighted by Gasteiger charge is -2.14. The van der Waals surface area contributed by atoms with Gasteiger partial charge in [0.05, 0.1) is 25.1 Å². The molecule has 0 fully saturated rings. The third-order valence-electron chi connectivity index (χ3n) is 5.14. The number of ketones is 1. The molecule has 0 radical (unpaired) electrons. The molecule has 4 rings (SSSR count). The molecule has 7 nitrogen and oxygen atoms in total. The van der Waals surface area contributed by atoms with Crippen molar-refractivity contribution in [1.29, 1.82) is 0 Å². The molecule has 172 valence electrons. The molecular formula is C26H24N4O3S. The van der Waals surface area contributed by atoms with Crippen molar-refractivity contribution >= 4 is 23.5 Å². The van der Waals surface area contributed by atoms with Gasteiger partial charge in [-0.25, -0.2) is 0 Å². The Labute approximate surface area is 202 Å². The minimum atomic E-state index is -0.202. The molecule has 8 heteroatoms. The third-order valence-corrected chi connectivity index (χ3v) is 6.07. The number of nitrogens with one attached hydrogen (secondary N) is 1. The maximum absolute atomic E-state index is 12.7. The van der Waals surface area contributed by atoms with E-state index in [1.54, 1.807) is 25.3 Å². The Hall–Kier alpha value is -3.91. The van der Waals surface area contributed by atoms with E-state index in [1.165, 1.54) is 11.8 Å². The van der Waals surface area contributed by atoms with Gasteiger partial charge in [0, 0.05) is 11.1 Å². The molecule has 1 N–H and O–H groups in total. The Morgan fingerprint density at radius 2 is 1.68 bits per heavy atom. The van der Waals surface area contributed by atoms with Crippen LogP contribution in [0.25, 0.3) is 5.69 Å². The summed E-state index contributed by atoms with van der Waals surface area (Å²) in [6.07, 6.45) is 0. The average molecular weight is 473 g/mol. The van der Waals surface area contributed by atoms with Crippen LogP contribution in [0.5, 0.6) is 5.75 Å². The number of ether oxygens (including phenoxy) is 1. The summed E-state index contributed by atoms with van der Waals surface area (Å²) >= 11 is 1.29. The van der Waals surface area contributed by atoms with E-state index in [9.17, 15) is 9.59 Å². The highest BCUT2D eigenvalue weighted by molar-refractivity contribution is 7.99. The SMILES string of the molecule is COc1ccccc1-n1c(CNC(=O)c2cccc(C)c2)nnc1SCC(=O)c1ccccc1. The Morgan fingerprint density at radius 3 is 2.44 bits per heavy atom. The zero-order valence-electron chi connectivity index (χ0n) is 18.9. The lowest BCUT2D eigenvalue weighted by atomic mass is 10.1. The van der Waals surface area contributed by atoms with Gasteiger partial charge in [-0.2, -0.15) is 0 Å². The Morgan fingerprint density at radius 1 is 0.941 bits per heavy atom. The van der Waals surface area contributed by atoms with E-state index in [-0.39, 0.29) is 24.0 Å². The van der Waals surface area contributed by atoms with Crippen molar-refractivity contribution in [2.24, 2.45) is 0 Å². The number of methoxy groups -OCH3 is 1. The van der Waals surface area contributed by atoms with E-state index >= 15 is 0 Å². The third kappa shape index (κ3) is 5.35. The molecule has 1 amide bonds. The Kier molecular flexibility index (Phi) is 7.39. The topological polar surface area (TPSA) is 86.1 Å². The minimum absolute atomic E-state index is 0.00511. The fraction of sp³-hybridized carbons (Fsp3) is 0.154. The van der Waals surface area contributed by atoms with Crippen LogP contribution < -0.4 is 10.1 Å². The van der Waals surface area contributed by atoms with Crippen molar-refractivity contribution in [3.8, 4) is 11.4 Å². The quantitative estimate of drug-likeness (QED) is 0.285. The van der Waals surface area contributed by atoms with Gasteiger partial charge in [0.15, 0.2) is 16.8 Å². The van der Waals surface area contributed by atoms with Gasteiger partial charge < -0.3 is 10.1 Å². The zero-order valence-corrected chi connectivity index (χ0v) is 19.7. The number of amides is 1.